The van der Waals surface area contributed by atoms with Gasteiger partial charge in [0.25, 0.3) is 0 Å². The molecule has 0 spiro atoms. The van der Waals surface area contributed by atoms with Crippen LogP contribution >= 0.6 is 0 Å². The lowest BCUT2D eigenvalue weighted by atomic mass is 10.00. The molecule has 1 aliphatic heterocycles. The molecular formula is C14H19N3. The van der Waals surface area contributed by atoms with Crippen LogP contribution < -0.4 is 10.6 Å². The van der Waals surface area contributed by atoms with Gasteiger partial charge in [-0.25, -0.2) is 0 Å². The van der Waals surface area contributed by atoms with Crippen molar-refractivity contribution in [3.8, 4) is 6.07 Å². The zero-order chi connectivity index (χ0) is 11.9. The Kier molecular flexibility index (Phi) is 4.54. The predicted octanol–water partition coefficient (Wildman–Crippen LogP) is 1.65. The van der Waals surface area contributed by atoms with E-state index in [1.807, 2.05) is 24.3 Å². The Labute approximate surface area is 103 Å². The second-order valence-electron chi connectivity index (χ2n) is 4.65. The Balaban J connectivity index is 1.72. The van der Waals surface area contributed by atoms with E-state index < -0.39 is 0 Å². The number of rotatable bonds is 4. The van der Waals surface area contributed by atoms with E-state index >= 15 is 0 Å². The van der Waals surface area contributed by atoms with Crippen molar-refractivity contribution in [2.24, 2.45) is 5.92 Å². The molecular weight excluding hydrogens is 210 g/mol. The minimum Gasteiger partial charge on any atom is -0.316 e. The second kappa shape index (κ2) is 6.39. The highest BCUT2D eigenvalue weighted by Crippen LogP contribution is 2.09. The third kappa shape index (κ3) is 3.85. The van der Waals surface area contributed by atoms with Gasteiger partial charge in [0.2, 0.25) is 0 Å². The molecule has 1 saturated heterocycles. The Morgan fingerprint density at radius 1 is 1.35 bits per heavy atom. The molecule has 3 heteroatoms. The fourth-order valence-electron chi connectivity index (χ4n) is 2.22. The van der Waals surface area contributed by atoms with Crippen LogP contribution in [0.5, 0.6) is 0 Å². The van der Waals surface area contributed by atoms with Crippen molar-refractivity contribution in [2.75, 3.05) is 19.6 Å². The molecule has 17 heavy (non-hydrogen) atoms. The molecule has 2 N–H and O–H groups in total. The third-order valence-corrected chi connectivity index (χ3v) is 3.24. The van der Waals surface area contributed by atoms with Gasteiger partial charge < -0.3 is 10.6 Å². The van der Waals surface area contributed by atoms with Crippen molar-refractivity contribution in [1.82, 2.24) is 10.6 Å². The van der Waals surface area contributed by atoms with Crippen molar-refractivity contribution in [3.05, 3.63) is 35.4 Å². The van der Waals surface area contributed by atoms with Crippen LogP contribution in [0, 0.1) is 17.2 Å². The Hall–Kier alpha value is -1.37. The molecule has 0 radical (unpaired) electrons. The lowest BCUT2D eigenvalue weighted by Crippen LogP contribution is -2.35. The molecule has 0 aliphatic carbocycles. The largest absolute Gasteiger partial charge is 0.316 e. The van der Waals surface area contributed by atoms with Gasteiger partial charge in [-0.3, -0.25) is 0 Å². The quantitative estimate of drug-likeness (QED) is 0.825. The summed E-state index contributed by atoms with van der Waals surface area (Å²) < 4.78 is 0. The highest BCUT2D eigenvalue weighted by atomic mass is 14.9. The molecule has 2 rings (SSSR count). The van der Waals surface area contributed by atoms with Crippen LogP contribution in [-0.4, -0.2) is 19.6 Å². The maximum absolute atomic E-state index is 8.70. The first-order chi connectivity index (χ1) is 8.38. The molecule has 0 amide bonds. The van der Waals surface area contributed by atoms with Gasteiger partial charge in [-0.2, -0.15) is 5.26 Å². The number of benzene rings is 1. The molecule has 0 bridgehead atoms. The zero-order valence-corrected chi connectivity index (χ0v) is 10.1. The van der Waals surface area contributed by atoms with Gasteiger partial charge in [0.15, 0.2) is 0 Å². The third-order valence-electron chi connectivity index (χ3n) is 3.24. The van der Waals surface area contributed by atoms with Crippen molar-refractivity contribution in [2.45, 2.75) is 19.4 Å². The number of hydrogen-bond donors (Lipinski definition) is 2. The molecule has 0 saturated carbocycles. The van der Waals surface area contributed by atoms with E-state index in [0.717, 1.165) is 31.1 Å². The fourth-order valence-corrected chi connectivity index (χ4v) is 2.22. The van der Waals surface area contributed by atoms with Crippen LogP contribution in [0.15, 0.2) is 24.3 Å². The SMILES string of the molecule is N#Cc1ccc(CNC[C@@H]2CCCNC2)cc1. The zero-order valence-electron chi connectivity index (χ0n) is 10.1. The van der Waals surface area contributed by atoms with Gasteiger partial charge >= 0.3 is 0 Å². The fraction of sp³-hybridized carbons (Fsp3) is 0.500. The van der Waals surface area contributed by atoms with Crippen molar-refractivity contribution in [3.63, 3.8) is 0 Å². The first-order valence-corrected chi connectivity index (χ1v) is 6.29. The van der Waals surface area contributed by atoms with E-state index in [9.17, 15) is 0 Å². The van der Waals surface area contributed by atoms with Crippen molar-refractivity contribution in [1.29, 1.82) is 5.26 Å². The van der Waals surface area contributed by atoms with Crippen LogP contribution in [0.1, 0.15) is 24.0 Å². The number of nitriles is 1. The van der Waals surface area contributed by atoms with Crippen LogP contribution in [0.4, 0.5) is 0 Å². The Bertz CT molecular complexity index is 371. The van der Waals surface area contributed by atoms with Gasteiger partial charge in [-0.1, -0.05) is 12.1 Å². The highest BCUT2D eigenvalue weighted by molar-refractivity contribution is 5.31. The molecule has 90 valence electrons. The van der Waals surface area contributed by atoms with E-state index in [0.29, 0.717) is 0 Å². The van der Waals surface area contributed by atoms with E-state index in [1.165, 1.54) is 24.9 Å². The van der Waals surface area contributed by atoms with Gasteiger partial charge in [0, 0.05) is 6.54 Å². The average Bonchev–Trinajstić information content (AvgIpc) is 2.41. The molecule has 1 aliphatic rings. The normalized spacial score (nSPS) is 19.8. The standard InChI is InChI=1S/C14H19N3/c15-8-12-3-5-13(6-4-12)9-17-11-14-2-1-7-16-10-14/h3-6,14,16-17H,1-2,7,9-11H2/t14-/m1/s1. The average molecular weight is 229 g/mol. The van der Waals surface area contributed by atoms with Gasteiger partial charge in [0.1, 0.15) is 0 Å². The van der Waals surface area contributed by atoms with Gasteiger partial charge in [-0.05, 0) is 56.1 Å². The highest BCUT2D eigenvalue weighted by Gasteiger charge is 2.11. The summed E-state index contributed by atoms with van der Waals surface area (Å²) >= 11 is 0. The molecule has 0 unspecified atom stereocenters. The smallest absolute Gasteiger partial charge is 0.0991 e. The summed E-state index contributed by atoms with van der Waals surface area (Å²) in [7, 11) is 0. The summed E-state index contributed by atoms with van der Waals surface area (Å²) in [5.41, 5.74) is 1.97. The minimum atomic E-state index is 0.727. The number of nitrogens with one attached hydrogen (secondary N) is 2. The van der Waals surface area contributed by atoms with E-state index in [4.69, 9.17) is 5.26 Å². The van der Waals surface area contributed by atoms with Gasteiger partial charge in [0.05, 0.1) is 11.6 Å². The first-order valence-electron chi connectivity index (χ1n) is 6.29. The van der Waals surface area contributed by atoms with Crippen LogP contribution in [0.3, 0.4) is 0 Å². The van der Waals surface area contributed by atoms with Gasteiger partial charge in [-0.15, -0.1) is 0 Å². The number of piperidine rings is 1. The Morgan fingerprint density at radius 3 is 2.82 bits per heavy atom. The molecule has 1 atom stereocenters. The molecule has 1 fully saturated rings. The molecule has 1 aromatic rings. The summed E-state index contributed by atoms with van der Waals surface area (Å²) in [6.45, 7) is 4.28. The molecule has 0 aromatic heterocycles. The minimum absolute atomic E-state index is 0.727. The topological polar surface area (TPSA) is 47.9 Å². The summed E-state index contributed by atoms with van der Waals surface area (Å²) in [5, 5.41) is 15.6. The van der Waals surface area contributed by atoms with E-state index in [1.54, 1.807) is 0 Å². The summed E-state index contributed by atoms with van der Waals surface area (Å²) in [5.74, 6) is 0.766. The Morgan fingerprint density at radius 2 is 2.18 bits per heavy atom. The maximum atomic E-state index is 8.70. The predicted molar refractivity (Wildman–Crippen MR) is 68.5 cm³/mol. The maximum Gasteiger partial charge on any atom is 0.0991 e. The molecule has 1 heterocycles. The molecule has 3 nitrogen and oxygen atoms in total. The van der Waals surface area contributed by atoms with Crippen LogP contribution in [0.2, 0.25) is 0 Å². The second-order valence-corrected chi connectivity index (χ2v) is 4.65. The summed E-state index contributed by atoms with van der Waals surface area (Å²) in [6, 6.07) is 9.92. The summed E-state index contributed by atoms with van der Waals surface area (Å²) in [6.07, 6.45) is 2.62. The van der Waals surface area contributed by atoms with Crippen molar-refractivity contribution >= 4 is 0 Å². The van der Waals surface area contributed by atoms with E-state index in [-0.39, 0.29) is 0 Å². The van der Waals surface area contributed by atoms with E-state index in [2.05, 4.69) is 16.7 Å². The lowest BCUT2D eigenvalue weighted by Gasteiger charge is -2.22. The molecule has 1 aromatic carbocycles. The number of hydrogen-bond acceptors (Lipinski definition) is 3. The first kappa shape index (κ1) is 12.1. The monoisotopic (exact) mass is 229 g/mol. The van der Waals surface area contributed by atoms with Crippen molar-refractivity contribution < 1.29 is 0 Å². The number of nitrogens with zero attached hydrogens (tertiary/aromatic N) is 1. The summed E-state index contributed by atoms with van der Waals surface area (Å²) in [4.78, 5) is 0. The lowest BCUT2D eigenvalue weighted by molar-refractivity contribution is 0.360. The van der Waals surface area contributed by atoms with Crippen LogP contribution in [0.25, 0.3) is 0 Å². The van der Waals surface area contributed by atoms with Crippen LogP contribution in [-0.2, 0) is 6.54 Å².